The summed E-state index contributed by atoms with van der Waals surface area (Å²) < 4.78 is 5.76. The quantitative estimate of drug-likeness (QED) is 0.850. The molecule has 7 nitrogen and oxygen atoms in total. The van der Waals surface area contributed by atoms with Gasteiger partial charge in [-0.05, 0) is 32.4 Å². The van der Waals surface area contributed by atoms with Crippen LogP contribution in [0.1, 0.15) is 30.9 Å². The number of carbonyl (C=O) groups excluding carboxylic acids is 1. The van der Waals surface area contributed by atoms with E-state index >= 15 is 0 Å². The van der Waals surface area contributed by atoms with Crippen molar-refractivity contribution in [2.45, 2.75) is 32.4 Å². The van der Waals surface area contributed by atoms with E-state index in [9.17, 15) is 9.59 Å². The number of rotatable bonds is 5. The highest BCUT2D eigenvalue weighted by Crippen LogP contribution is 2.11. The van der Waals surface area contributed by atoms with Crippen molar-refractivity contribution in [3.8, 4) is 0 Å². The molecule has 1 aromatic heterocycles. The smallest absolute Gasteiger partial charge is 0.287 e. The molecule has 1 atom stereocenters. The van der Waals surface area contributed by atoms with E-state index in [0.29, 0.717) is 23.5 Å². The molecule has 1 amide bonds. The number of carbonyl (C=O) groups is 1. The summed E-state index contributed by atoms with van der Waals surface area (Å²) in [5.74, 6) is -0.337. The number of benzene rings is 1. The van der Waals surface area contributed by atoms with E-state index in [1.165, 1.54) is 0 Å². The van der Waals surface area contributed by atoms with Crippen molar-refractivity contribution in [3.05, 3.63) is 40.4 Å². The molecule has 3 rings (SSSR count). The van der Waals surface area contributed by atoms with E-state index in [0.717, 1.165) is 26.1 Å². The number of nitrogens with zero attached hydrogens (tertiary/aromatic N) is 2. The number of ether oxygens (including phenoxy) is 1. The second-order valence-corrected chi connectivity index (χ2v) is 6.56. The first kappa shape index (κ1) is 17.6. The van der Waals surface area contributed by atoms with Gasteiger partial charge in [0, 0.05) is 25.7 Å². The molecule has 0 aliphatic carbocycles. The topological polar surface area (TPSA) is 87.3 Å². The number of aromatic amines is 1. The normalized spacial score (nSPS) is 18.6. The van der Waals surface area contributed by atoms with Crippen molar-refractivity contribution < 1.29 is 9.53 Å². The van der Waals surface area contributed by atoms with Crippen LogP contribution in [0.3, 0.4) is 0 Å². The summed E-state index contributed by atoms with van der Waals surface area (Å²) in [5.41, 5.74) is 0.207. The van der Waals surface area contributed by atoms with Gasteiger partial charge in [-0.3, -0.25) is 14.5 Å². The van der Waals surface area contributed by atoms with Gasteiger partial charge in [0.2, 0.25) is 0 Å². The van der Waals surface area contributed by atoms with Gasteiger partial charge in [0.25, 0.3) is 11.5 Å². The first-order chi connectivity index (χ1) is 12.0. The summed E-state index contributed by atoms with van der Waals surface area (Å²) in [6.45, 7) is 7.36. The Morgan fingerprint density at radius 1 is 1.44 bits per heavy atom. The summed E-state index contributed by atoms with van der Waals surface area (Å²) in [7, 11) is 0. The molecule has 0 bridgehead atoms. The number of amides is 1. The van der Waals surface area contributed by atoms with E-state index < -0.39 is 0 Å². The van der Waals surface area contributed by atoms with Gasteiger partial charge in [-0.1, -0.05) is 12.1 Å². The van der Waals surface area contributed by atoms with Crippen molar-refractivity contribution >= 4 is 16.8 Å². The molecule has 2 heterocycles. The fourth-order valence-corrected chi connectivity index (χ4v) is 3.01. The lowest BCUT2D eigenvalue weighted by atomic mass is 10.1. The zero-order valence-electron chi connectivity index (χ0n) is 14.6. The van der Waals surface area contributed by atoms with Crippen LogP contribution in [0.2, 0.25) is 0 Å². The Kier molecular flexibility index (Phi) is 5.45. The van der Waals surface area contributed by atoms with Gasteiger partial charge < -0.3 is 15.0 Å². The molecule has 1 saturated heterocycles. The highest BCUT2D eigenvalue weighted by Gasteiger charge is 2.22. The van der Waals surface area contributed by atoms with Crippen LogP contribution in [-0.4, -0.2) is 59.2 Å². The van der Waals surface area contributed by atoms with Crippen LogP contribution in [-0.2, 0) is 4.74 Å². The minimum Gasteiger partial charge on any atom is -0.375 e. The molecule has 2 aromatic rings. The van der Waals surface area contributed by atoms with E-state index in [2.05, 4.69) is 34.0 Å². The lowest BCUT2D eigenvalue weighted by molar-refractivity contribution is -0.0412. The number of morpholine rings is 1. The van der Waals surface area contributed by atoms with Crippen LogP contribution in [0.25, 0.3) is 10.9 Å². The number of hydrogen-bond acceptors (Lipinski definition) is 5. The number of hydrogen-bond donors (Lipinski definition) is 2. The molecule has 0 spiro atoms. The molecule has 0 saturated carbocycles. The summed E-state index contributed by atoms with van der Waals surface area (Å²) in [4.78, 5) is 33.4. The van der Waals surface area contributed by atoms with Gasteiger partial charge >= 0.3 is 0 Å². The number of nitrogens with one attached hydrogen (secondary N) is 2. The highest BCUT2D eigenvalue weighted by atomic mass is 16.5. The zero-order chi connectivity index (χ0) is 17.8. The van der Waals surface area contributed by atoms with Crippen LogP contribution in [0.5, 0.6) is 0 Å². The molecular weight excluding hydrogens is 320 g/mol. The second kappa shape index (κ2) is 7.76. The minimum atomic E-state index is -0.376. The fraction of sp³-hybridized carbons (Fsp3) is 0.500. The first-order valence-electron chi connectivity index (χ1n) is 8.67. The van der Waals surface area contributed by atoms with Crippen molar-refractivity contribution in [2.75, 3.05) is 26.2 Å². The molecule has 1 aliphatic heterocycles. The number of aromatic nitrogens is 2. The summed E-state index contributed by atoms with van der Waals surface area (Å²) in [6.07, 6.45) is 0.840. The molecule has 0 radical (unpaired) electrons. The van der Waals surface area contributed by atoms with Gasteiger partial charge in [0.15, 0.2) is 5.82 Å². The molecule has 2 N–H and O–H groups in total. The monoisotopic (exact) mass is 344 g/mol. The minimum absolute atomic E-state index is 0.0390. The number of H-pyrrole nitrogens is 1. The maximum Gasteiger partial charge on any atom is 0.287 e. The Bertz CT molecular complexity index is 802. The van der Waals surface area contributed by atoms with E-state index in [-0.39, 0.29) is 23.4 Å². The van der Waals surface area contributed by atoms with Crippen LogP contribution in [0.15, 0.2) is 29.1 Å². The molecule has 134 valence electrons. The fourth-order valence-electron chi connectivity index (χ4n) is 3.01. The maximum absolute atomic E-state index is 12.3. The molecular formula is C18H24N4O3. The van der Waals surface area contributed by atoms with Crippen molar-refractivity contribution in [3.63, 3.8) is 0 Å². The third-order valence-corrected chi connectivity index (χ3v) is 4.48. The number of para-hydroxylation sites is 1. The third kappa shape index (κ3) is 4.24. The number of fused-ring (bicyclic) bond motifs is 1. The Morgan fingerprint density at radius 3 is 3.04 bits per heavy atom. The molecule has 1 aliphatic rings. The van der Waals surface area contributed by atoms with E-state index in [1.807, 2.05) is 0 Å². The van der Waals surface area contributed by atoms with Gasteiger partial charge in [-0.15, -0.1) is 0 Å². The standard InChI is InChI=1S/C18H24N4O3/c1-12(2)22-9-10-25-13(11-22)7-8-19-18(24)16-20-15-6-4-3-5-14(15)17(23)21-16/h3-6,12-13H,7-11H2,1-2H3,(H,19,24)(H,20,21,23). The Morgan fingerprint density at radius 2 is 2.24 bits per heavy atom. The zero-order valence-corrected chi connectivity index (χ0v) is 14.6. The largest absolute Gasteiger partial charge is 0.375 e. The average Bonchev–Trinajstić information content (AvgIpc) is 2.62. The first-order valence-corrected chi connectivity index (χ1v) is 8.67. The maximum atomic E-state index is 12.3. The summed E-state index contributed by atoms with van der Waals surface area (Å²) in [6, 6.07) is 7.45. The lowest BCUT2D eigenvalue weighted by Crippen LogP contribution is -2.46. The van der Waals surface area contributed by atoms with Crippen LogP contribution >= 0.6 is 0 Å². The van der Waals surface area contributed by atoms with Gasteiger partial charge in [-0.25, -0.2) is 4.98 Å². The van der Waals surface area contributed by atoms with Crippen LogP contribution in [0, 0.1) is 0 Å². The Balaban J connectivity index is 1.57. The average molecular weight is 344 g/mol. The van der Waals surface area contributed by atoms with E-state index in [1.54, 1.807) is 24.3 Å². The van der Waals surface area contributed by atoms with Gasteiger partial charge in [0.1, 0.15) is 0 Å². The molecule has 25 heavy (non-hydrogen) atoms. The summed E-state index contributed by atoms with van der Waals surface area (Å²) in [5, 5.41) is 3.29. The summed E-state index contributed by atoms with van der Waals surface area (Å²) >= 11 is 0. The van der Waals surface area contributed by atoms with Gasteiger partial charge in [0.05, 0.1) is 23.6 Å². The highest BCUT2D eigenvalue weighted by molar-refractivity contribution is 5.92. The molecule has 1 unspecified atom stereocenters. The lowest BCUT2D eigenvalue weighted by Gasteiger charge is -2.35. The van der Waals surface area contributed by atoms with Crippen LogP contribution in [0.4, 0.5) is 0 Å². The van der Waals surface area contributed by atoms with E-state index in [4.69, 9.17) is 4.74 Å². The third-order valence-electron chi connectivity index (χ3n) is 4.48. The molecule has 1 fully saturated rings. The molecule has 7 heteroatoms. The van der Waals surface area contributed by atoms with Crippen molar-refractivity contribution in [1.29, 1.82) is 0 Å². The SMILES string of the molecule is CC(C)N1CCOC(CCNC(=O)c2nc3ccccc3c(=O)[nH]2)C1. The van der Waals surface area contributed by atoms with Crippen LogP contribution < -0.4 is 10.9 Å². The van der Waals surface area contributed by atoms with Crippen molar-refractivity contribution in [2.24, 2.45) is 0 Å². The van der Waals surface area contributed by atoms with Crippen molar-refractivity contribution in [1.82, 2.24) is 20.2 Å². The molecule has 1 aromatic carbocycles. The predicted octanol–water partition coefficient (Wildman–Crippen LogP) is 1.15. The van der Waals surface area contributed by atoms with Gasteiger partial charge in [-0.2, -0.15) is 0 Å². The predicted molar refractivity (Wildman–Crippen MR) is 95.8 cm³/mol. The Hall–Kier alpha value is -2.25. The Labute approximate surface area is 146 Å². The second-order valence-electron chi connectivity index (χ2n) is 6.56.